The number of hydrogen-bond donors (Lipinski definition) is 2. The lowest BCUT2D eigenvalue weighted by atomic mass is 9.99. The van der Waals surface area contributed by atoms with Gasteiger partial charge in [-0.2, -0.15) is 16.4 Å². The number of carbonyl (C=O) groups is 1. The smallest absolute Gasteiger partial charge is 0.251 e. The molecule has 3 rings (SSSR count). The first-order valence-electron chi connectivity index (χ1n) is 7.04. The minimum absolute atomic E-state index is 0.146. The van der Waals surface area contributed by atoms with Crippen molar-refractivity contribution in [2.24, 2.45) is 0 Å². The summed E-state index contributed by atoms with van der Waals surface area (Å²) < 4.78 is 1.61. The number of nitrogens with zero attached hydrogens (tertiary/aromatic N) is 3. The maximum Gasteiger partial charge on any atom is 0.251 e. The summed E-state index contributed by atoms with van der Waals surface area (Å²) in [4.78, 5) is 16.1. The van der Waals surface area contributed by atoms with Gasteiger partial charge in [-0.15, -0.1) is 0 Å². The second-order valence-corrected chi connectivity index (χ2v) is 6.14. The van der Waals surface area contributed by atoms with E-state index in [1.165, 1.54) is 17.7 Å². The van der Waals surface area contributed by atoms with Gasteiger partial charge in [0, 0.05) is 5.56 Å². The quantitative estimate of drug-likeness (QED) is 0.750. The molecule has 6 nitrogen and oxygen atoms in total. The van der Waals surface area contributed by atoms with Crippen LogP contribution in [0.15, 0.2) is 53.7 Å². The standard InChI is InChI=1S/C16H16N4O2S/c1-16(22,13-6-7-23-8-13)9-18-15(21)12-2-4-14(5-3-12)20-11-17-10-19-20/h2-8,10-11,22H,9H2,1H3,(H,18,21). The third-order valence-electron chi connectivity index (χ3n) is 3.55. The van der Waals surface area contributed by atoms with Crippen molar-refractivity contribution in [2.45, 2.75) is 12.5 Å². The van der Waals surface area contributed by atoms with Crippen LogP contribution in [0.3, 0.4) is 0 Å². The van der Waals surface area contributed by atoms with Gasteiger partial charge in [0.25, 0.3) is 5.91 Å². The van der Waals surface area contributed by atoms with Crippen molar-refractivity contribution < 1.29 is 9.90 Å². The molecule has 2 N–H and O–H groups in total. The van der Waals surface area contributed by atoms with Crippen molar-refractivity contribution in [3.63, 3.8) is 0 Å². The molecule has 0 aliphatic heterocycles. The van der Waals surface area contributed by atoms with E-state index < -0.39 is 5.60 Å². The Hall–Kier alpha value is -2.51. The molecule has 23 heavy (non-hydrogen) atoms. The number of benzene rings is 1. The second kappa shape index (κ2) is 6.31. The first kappa shape index (κ1) is 15.4. The number of thiophene rings is 1. The number of aliphatic hydroxyl groups is 1. The van der Waals surface area contributed by atoms with Crippen molar-refractivity contribution in [1.29, 1.82) is 0 Å². The van der Waals surface area contributed by atoms with Gasteiger partial charge < -0.3 is 10.4 Å². The molecule has 0 aliphatic carbocycles. The van der Waals surface area contributed by atoms with Crippen LogP contribution in [0.4, 0.5) is 0 Å². The zero-order valence-electron chi connectivity index (χ0n) is 12.5. The van der Waals surface area contributed by atoms with Gasteiger partial charge in [-0.25, -0.2) is 9.67 Å². The van der Waals surface area contributed by atoms with E-state index in [0.717, 1.165) is 11.3 Å². The van der Waals surface area contributed by atoms with Gasteiger partial charge in [0.2, 0.25) is 0 Å². The maximum atomic E-state index is 12.2. The van der Waals surface area contributed by atoms with Crippen molar-refractivity contribution in [2.75, 3.05) is 6.54 Å². The van der Waals surface area contributed by atoms with E-state index in [4.69, 9.17) is 0 Å². The lowest BCUT2D eigenvalue weighted by Crippen LogP contribution is -2.38. The Kier molecular flexibility index (Phi) is 4.22. The van der Waals surface area contributed by atoms with E-state index >= 15 is 0 Å². The largest absolute Gasteiger partial charge is 0.384 e. The molecule has 1 amide bonds. The van der Waals surface area contributed by atoms with Gasteiger partial charge in [0.05, 0.1) is 12.2 Å². The zero-order valence-corrected chi connectivity index (χ0v) is 13.3. The predicted molar refractivity (Wildman–Crippen MR) is 87.6 cm³/mol. The summed E-state index contributed by atoms with van der Waals surface area (Å²) in [5.74, 6) is -0.231. The van der Waals surface area contributed by atoms with E-state index in [2.05, 4.69) is 15.4 Å². The molecule has 2 aromatic heterocycles. The first-order valence-corrected chi connectivity index (χ1v) is 7.99. The topological polar surface area (TPSA) is 80.0 Å². The molecule has 1 atom stereocenters. The summed E-state index contributed by atoms with van der Waals surface area (Å²) in [6.07, 6.45) is 3.04. The molecule has 2 heterocycles. The van der Waals surface area contributed by atoms with E-state index in [9.17, 15) is 9.90 Å². The molecule has 0 spiro atoms. The SMILES string of the molecule is CC(O)(CNC(=O)c1ccc(-n2cncn2)cc1)c1ccsc1. The number of carbonyl (C=O) groups excluding carboxylic acids is 1. The highest BCUT2D eigenvalue weighted by Crippen LogP contribution is 2.22. The van der Waals surface area contributed by atoms with Crippen molar-refractivity contribution in [3.8, 4) is 5.69 Å². The van der Waals surface area contributed by atoms with Crippen molar-refractivity contribution in [3.05, 3.63) is 64.9 Å². The minimum atomic E-state index is -1.09. The van der Waals surface area contributed by atoms with Gasteiger partial charge in [-0.3, -0.25) is 4.79 Å². The van der Waals surface area contributed by atoms with Crippen LogP contribution in [0, 0.1) is 0 Å². The molecule has 1 unspecified atom stereocenters. The van der Waals surface area contributed by atoms with Gasteiger partial charge in [0.15, 0.2) is 0 Å². The van der Waals surface area contributed by atoms with Crippen LogP contribution >= 0.6 is 11.3 Å². The Morgan fingerprint density at radius 1 is 1.35 bits per heavy atom. The highest BCUT2D eigenvalue weighted by Gasteiger charge is 2.24. The van der Waals surface area contributed by atoms with E-state index in [-0.39, 0.29) is 12.5 Å². The molecule has 0 radical (unpaired) electrons. The normalized spacial score (nSPS) is 13.5. The summed E-state index contributed by atoms with van der Waals surface area (Å²) in [6, 6.07) is 8.86. The Bertz CT molecular complexity index is 765. The Labute approximate surface area is 137 Å². The number of hydrogen-bond acceptors (Lipinski definition) is 5. The van der Waals surface area contributed by atoms with Crippen molar-refractivity contribution >= 4 is 17.2 Å². The number of nitrogens with one attached hydrogen (secondary N) is 1. The number of aromatic nitrogens is 3. The Balaban J connectivity index is 1.64. The fourth-order valence-electron chi connectivity index (χ4n) is 2.13. The molecule has 7 heteroatoms. The molecule has 1 aromatic carbocycles. The monoisotopic (exact) mass is 328 g/mol. The first-order chi connectivity index (χ1) is 11.1. The lowest BCUT2D eigenvalue weighted by Gasteiger charge is -2.22. The molecule has 0 saturated carbocycles. The highest BCUT2D eigenvalue weighted by molar-refractivity contribution is 7.08. The fraction of sp³-hybridized carbons (Fsp3) is 0.188. The highest BCUT2D eigenvalue weighted by atomic mass is 32.1. The third kappa shape index (κ3) is 3.46. The molecule has 118 valence electrons. The predicted octanol–water partition coefficient (Wildman–Crippen LogP) is 1.97. The number of amides is 1. The molecule has 0 fully saturated rings. The molecule has 0 aliphatic rings. The summed E-state index contributed by atoms with van der Waals surface area (Å²) >= 11 is 1.51. The van der Waals surface area contributed by atoms with Gasteiger partial charge in [-0.1, -0.05) is 0 Å². The van der Waals surface area contributed by atoms with Crippen LogP contribution in [-0.2, 0) is 5.60 Å². The maximum absolute atomic E-state index is 12.2. The summed E-state index contributed by atoms with van der Waals surface area (Å²) in [7, 11) is 0. The average Bonchev–Trinajstić information content (AvgIpc) is 3.26. The minimum Gasteiger partial charge on any atom is -0.384 e. The van der Waals surface area contributed by atoms with Crippen LogP contribution in [0.2, 0.25) is 0 Å². The second-order valence-electron chi connectivity index (χ2n) is 5.36. The van der Waals surface area contributed by atoms with Crippen LogP contribution < -0.4 is 5.32 Å². The average molecular weight is 328 g/mol. The molecular formula is C16H16N4O2S. The Morgan fingerprint density at radius 3 is 2.74 bits per heavy atom. The van der Waals surface area contributed by atoms with Crippen LogP contribution in [0.1, 0.15) is 22.8 Å². The summed E-state index contributed by atoms with van der Waals surface area (Å²) in [5, 5.41) is 21.0. The summed E-state index contributed by atoms with van der Waals surface area (Å²) in [5.41, 5.74) is 1.06. The molecule has 0 bridgehead atoms. The third-order valence-corrected chi connectivity index (χ3v) is 4.23. The molecular weight excluding hydrogens is 312 g/mol. The Morgan fingerprint density at radius 2 is 2.13 bits per heavy atom. The van der Waals surface area contributed by atoms with Crippen LogP contribution in [-0.4, -0.2) is 32.3 Å². The van der Waals surface area contributed by atoms with Gasteiger partial charge in [-0.05, 0) is 53.6 Å². The van der Waals surface area contributed by atoms with Crippen molar-refractivity contribution in [1.82, 2.24) is 20.1 Å². The van der Waals surface area contributed by atoms with E-state index in [0.29, 0.717) is 5.56 Å². The van der Waals surface area contributed by atoms with Crippen LogP contribution in [0.25, 0.3) is 5.69 Å². The van der Waals surface area contributed by atoms with Gasteiger partial charge in [0.1, 0.15) is 18.3 Å². The zero-order chi connectivity index (χ0) is 16.3. The number of rotatable bonds is 5. The van der Waals surface area contributed by atoms with E-state index in [1.54, 1.807) is 42.2 Å². The lowest BCUT2D eigenvalue weighted by molar-refractivity contribution is 0.0530. The van der Waals surface area contributed by atoms with E-state index in [1.807, 2.05) is 16.8 Å². The molecule has 0 saturated heterocycles. The van der Waals surface area contributed by atoms with Crippen LogP contribution in [0.5, 0.6) is 0 Å². The van der Waals surface area contributed by atoms with Gasteiger partial charge >= 0.3 is 0 Å². The molecule has 3 aromatic rings. The summed E-state index contributed by atoms with van der Waals surface area (Å²) in [6.45, 7) is 1.83. The fourth-order valence-corrected chi connectivity index (χ4v) is 2.92.